The standard InChI is InChI=1S/C16H25BrN2O3S/c1-10-12(17)6-11(23-10)7-18-13-8-19(9-14(13)21-5)15(20)22-16(2,3)4/h6,13-14,18H,7-9H2,1-5H3/t13?,14-/m0/s1. The quantitative estimate of drug-likeness (QED) is 0.833. The Bertz CT molecular complexity index is 537. The van der Waals surface area contributed by atoms with E-state index in [-0.39, 0.29) is 18.2 Å². The van der Waals surface area contributed by atoms with Gasteiger partial charge in [0, 0.05) is 34.4 Å². The van der Waals surface area contributed by atoms with Crippen LogP contribution in [0.2, 0.25) is 0 Å². The number of methoxy groups -OCH3 is 1. The number of amides is 1. The molecule has 0 aromatic carbocycles. The molecule has 1 unspecified atom stereocenters. The summed E-state index contributed by atoms with van der Waals surface area (Å²) in [7, 11) is 1.68. The van der Waals surface area contributed by atoms with E-state index in [0.29, 0.717) is 13.1 Å². The van der Waals surface area contributed by atoms with Gasteiger partial charge in [0.05, 0.1) is 18.7 Å². The first-order chi connectivity index (χ1) is 10.7. The summed E-state index contributed by atoms with van der Waals surface area (Å²) in [4.78, 5) is 16.5. The van der Waals surface area contributed by atoms with Crippen LogP contribution in [0.1, 0.15) is 30.5 Å². The molecular formula is C16H25BrN2O3S. The Kier molecular flexibility index (Phi) is 6.10. The number of carbonyl (C=O) groups excluding carboxylic acids is 1. The molecule has 1 aliphatic heterocycles. The summed E-state index contributed by atoms with van der Waals surface area (Å²) in [5.41, 5.74) is -0.480. The minimum absolute atomic E-state index is 0.0213. The van der Waals surface area contributed by atoms with Crippen LogP contribution in [0.25, 0.3) is 0 Å². The second-order valence-electron chi connectivity index (χ2n) is 6.76. The third-order valence-electron chi connectivity index (χ3n) is 3.67. The molecular weight excluding hydrogens is 380 g/mol. The predicted octanol–water partition coefficient (Wildman–Crippen LogP) is 3.54. The fraction of sp³-hybridized carbons (Fsp3) is 0.688. The monoisotopic (exact) mass is 404 g/mol. The first-order valence-corrected chi connectivity index (χ1v) is 9.29. The topological polar surface area (TPSA) is 50.8 Å². The van der Waals surface area contributed by atoms with Crippen LogP contribution in [0.3, 0.4) is 0 Å². The molecule has 0 spiro atoms. The molecule has 2 heterocycles. The van der Waals surface area contributed by atoms with Crippen molar-refractivity contribution < 1.29 is 14.3 Å². The van der Waals surface area contributed by atoms with E-state index < -0.39 is 5.60 Å². The normalized spacial score (nSPS) is 21.7. The number of thiophene rings is 1. The SMILES string of the molecule is CO[C@H]1CN(C(=O)OC(C)(C)C)CC1NCc1cc(Br)c(C)s1. The number of rotatable bonds is 4. The van der Waals surface area contributed by atoms with Crippen LogP contribution in [-0.2, 0) is 16.0 Å². The van der Waals surface area contributed by atoms with Gasteiger partial charge in [0.25, 0.3) is 0 Å². The third-order valence-corrected chi connectivity index (χ3v) is 5.80. The molecule has 5 nitrogen and oxygen atoms in total. The average Bonchev–Trinajstić information content (AvgIpc) is 2.98. The molecule has 0 saturated carbocycles. The zero-order valence-electron chi connectivity index (χ0n) is 14.3. The molecule has 1 N–H and O–H groups in total. The number of halogens is 1. The van der Waals surface area contributed by atoms with Crippen LogP contribution >= 0.6 is 27.3 Å². The maximum absolute atomic E-state index is 12.2. The highest BCUT2D eigenvalue weighted by Crippen LogP contribution is 2.26. The van der Waals surface area contributed by atoms with Crippen LogP contribution < -0.4 is 5.32 Å². The minimum atomic E-state index is -0.480. The summed E-state index contributed by atoms with van der Waals surface area (Å²) in [6.07, 6.45) is -0.300. The molecule has 130 valence electrons. The summed E-state index contributed by atoms with van der Waals surface area (Å²) < 4.78 is 12.1. The molecule has 1 aromatic heterocycles. The highest BCUT2D eigenvalue weighted by Gasteiger charge is 2.37. The van der Waals surface area contributed by atoms with Crippen molar-refractivity contribution in [1.29, 1.82) is 0 Å². The van der Waals surface area contributed by atoms with Gasteiger partial charge >= 0.3 is 6.09 Å². The van der Waals surface area contributed by atoms with E-state index in [0.717, 1.165) is 11.0 Å². The van der Waals surface area contributed by atoms with Gasteiger partial charge in [-0.25, -0.2) is 4.79 Å². The average molecular weight is 405 g/mol. The Morgan fingerprint density at radius 3 is 2.70 bits per heavy atom. The lowest BCUT2D eigenvalue weighted by atomic mass is 10.2. The van der Waals surface area contributed by atoms with Crippen LogP contribution in [-0.4, -0.2) is 48.9 Å². The molecule has 7 heteroatoms. The van der Waals surface area contributed by atoms with Gasteiger partial charge in [-0.2, -0.15) is 0 Å². The van der Waals surface area contributed by atoms with Crippen molar-refractivity contribution in [2.24, 2.45) is 0 Å². The lowest BCUT2D eigenvalue weighted by Crippen LogP contribution is -2.40. The maximum atomic E-state index is 12.2. The largest absolute Gasteiger partial charge is 0.444 e. The molecule has 0 radical (unpaired) electrons. The molecule has 2 rings (SSSR count). The predicted molar refractivity (Wildman–Crippen MR) is 96.0 cm³/mol. The van der Waals surface area contributed by atoms with Gasteiger partial charge in [0.2, 0.25) is 0 Å². The number of ether oxygens (including phenoxy) is 2. The zero-order chi connectivity index (χ0) is 17.2. The van der Waals surface area contributed by atoms with Gasteiger partial charge in [0.1, 0.15) is 5.60 Å². The Labute approximate surface area is 150 Å². The van der Waals surface area contributed by atoms with Crippen LogP contribution in [0.4, 0.5) is 4.79 Å². The highest BCUT2D eigenvalue weighted by atomic mass is 79.9. The van der Waals surface area contributed by atoms with Crippen LogP contribution in [0, 0.1) is 6.92 Å². The number of aryl methyl sites for hydroxylation is 1. The summed E-state index contributed by atoms with van der Waals surface area (Å²) >= 11 is 5.31. The van der Waals surface area contributed by atoms with Gasteiger partial charge in [-0.05, 0) is 49.7 Å². The van der Waals surface area contributed by atoms with E-state index in [4.69, 9.17) is 9.47 Å². The molecule has 2 atom stereocenters. The summed E-state index contributed by atoms with van der Waals surface area (Å²) in [5.74, 6) is 0. The highest BCUT2D eigenvalue weighted by molar-refractivity contribution is 9.10. The van der Waals surface area contributed by atoms with Crippen molar-refractivity contribution in [1.82, 2.24) is 10.2 Å². The number of hydrogen-bond donors (Lipinski definition) is 1. The Hall–Kier alpha value is -0.630. The molecule has 1 fully saturated rings. The Morgan fingerprint density at radius 2 is 2.17 bits per heavy atom. The third kappa shape index (κ3) is 5.17. The molecule has 0 aliphatic carbocycles. The van der Waals surface area contributed by atoms with Crippen molar-refractivity contribution in [3.05, 3.63) is 20.3 Å². The van der Waals surface area contributed by atoms with E-state index >= 15 is 0 Å². The second kappa shape index (κ2) is 7.51. The number of carbonyl (C=O) groups is 1. The lowest BCUT2D eigenvalue weighted by Gasteiger charge is -2.24. The molecule has 1 amide bonds. The van der Waals surface area contributed by atoms with E-state index in [9.17, 15) is 4.79 Å². The van der Waals surface area contributed by atoms with Crippen molar-refractivity contribution in [2.75, 3.05) is 20.2 Å². The van der Waals surface area contributed by atoms with Gasteiger partial charge < -0.3 is 19.7 Å². The first-order valence-electron chi connectivity index (χ1n) is 7.68. The van der Waals surface area contributed by atoms with Crippen molar-refractivity contribution in [3.63, 3.8) is 0 Å². The number of nitrogens with one attached hydrogen (secondary N) is 1. The fourth-order valence-electron chi connectivity index (χ4n) is 2.52. The van der Waals surface area contributed by atoms with Gasteiger partial charge in [0.15, 0.2) is 0 Å². The fourth-order valence-corrected chi connectivity index (χ4v) is 4.07. The summed E-state index contributed by atoms with van der Waals surface area (Å²) in [6.45, 7) is 9.64. The Morgan fingerprint density at radius 1 is 1.48 bits per heavy atom. The van der Waals surface area contributed by atoms with Gasteiger partial charge in [-0.15, -0.1) is 11.3 Å². The Balaban J connectivity index is 1.92. The number of nitrogens with zero attached hydrogens (tertiary/aromatic N) is 1. The first kappa shape index (κ1) is 18.7. The van der Waals surface area contributed by atoms with E-state index in [2.05, 4.69) is 34.2 Å². The minimum Gasteiger partial charge on any atom is -0.444 e. The molecule has 0 bridgehead atoms. The van der Waals surface area contributed by atoms with E-state index in [1.165, 1.54) is 9.75 Å². The summed E-state index contributed by atoms with van der Waals surface area (Å²) in [6, 6.07) is 2.24. The van der Waals surface area contributed by atoms with Crippen LogP contribution in [0.5, 0.6) is 0 Å². The van der Waals surface area contributed by atoms with Crippen molar-refractivity contribution in [3.8, 4) is 0 Å². The molecule has 1 aromatic rings. The summed E-state index contributed by atoms with van der Waals surface area (Å²) in [5, 5.41) is 3.50. The van der Waals surface area contributed by atoms with Crippen molar-refractivity contribution in [2.45, 2.75) is 52.0 Å². The van der Waals surface area contributed by atoms with Crippen molar-refractivity contribution >= 4 is 33.4 Å². The van der Waals surface area contributed by atoms with Gasteiger partial charge in [-0.1, -0.05) is 0 Å². The van der Waals surface area contributed by atoms with E-state index in [1.807, 2.05) is 20.8 Å². The van der Waals surface area contributed by atoms with Crippen LogP contribution in [0.15, 0.2) is 10.5 Å². The smallest absolute Gasteiger partial charge is 0.410 e. The number of likely N-dealkylation sites (tertiary alicyclic amines) is 1. The number of hydrogen-bond acceptors (Lipinski definition) is 5. The van der Waals surface area contributed by atoms with Gasteiger partial charge in [-0.3, -0.25) is 0 Å². The zero-order valence-corrected chi connectivity index (χ0v) is 16.7. The molecule has 1 aliphatic rings. The molecule has 23 heavy (non-hydrogen) atoms. The van der Waals surface area contributed by atoms with E-state index in [1.54, 1.807) is 23.3 Å². The second-order valence-corrected chi connectivity index (χ2v) is 8.96. The maximum Gasteiger partial charge on any atom is 0.410 e. The molecule has 1 saturated heterocycles. The lowest BCUT2D eigenvalue weighted by molar-refractivity contribution is 0.0252.